The monoisotopic (exact) mass is 446 g/mol. The molecule has 174 valence electrons. The molecule has 0 N–H and O–H groups in total. The van der Waals surface area contributed by atoms with E-state index in [0.29, 0.717) is 31.7 Å². The van der Waals surface area contributed by atoms with E-state index in [-0.39, 0.29) is 0 Å². The molecule has 1 heterocycles. The summed E-state index contributed by atoms with van der Waals surface area (Å²) in [6.45, 7) is 8.11. The molecule has 1 fully saturated rings. The lowest BCUT2D eigenvalue weighted by Crippen LogP contribution is -2.35. The first-order valence-electron chi connectivity index (χ1n) is 11.7. The Hall–Kier alpha value is -3.21. The van der Waals surface area contributed by atoms with Crippen molar-refractivity contribution in [1.82, 2.24) is 4.90 Å². The Kier molecular flexibility index (Phi) is 8.99. The molecule has 33 heavy (non-hydrogen) atoms. The van der Waals surface area contributed by atoms with Crippen LogP contribution in [0.5, 0.6) is 0 Å². The fourth-order valence-corrected chi connectivity index (χ4v) is 4.55. The van der Waals surface area contributed by atoms with Crippen molar-refractivity contribution >= 4 is 24.7 Å². The van der Waals surface area contributed by atoms with Crippen LogP contribution in [0.15, 0.2) is 55.1 Å². The van der Waals surface area contributed by atoms with E-state index in [1.165, 1.54) is 5.56 Å². The Morgan fingerprint density at radius 3 is 2.42 bits per heavy atom. The summed E-state index contributed by atoms with van der Waals surface area (Å²) in [7, 11) is 0. The van der Waals surface area contributed by atoms with Crippen LogP contribution >= 0.6 is 0 Å². The fraction of sp³-hybridized carbons (Fsp3) is 0.393. The second-order valence-electron chi connectivity index (χ2n) is 8.83. The van der Waals surface area contributed by atoms with Crippen molar-refractivity contribution in [2.24, 2.45) is 0 Å². The topological polar surface area (TPSA) is 57.7 Å². The van der Waals surface area contributed by atoms with E-state index in [0.717, 1.165) is 67.3 Å². The Bertz CT molecular complexity index is 946. The van der Waals surface area contributed by atoms with Gasteiger partial charge in [0.15, 0.2) is 0 Å². The Balaban J connectivity index is 1.65. The molecule has 1 saturated heterocycles. The van der Waals surface area contributed by atoms with Crippen molar-refractivity contribution in [2.75, 3.05) is 18.0 Å². The first-order valence-corrected chi connectivity index (χ1v) is 11.7. The van der Waals surface area contributed by atoms with Crippen LogP contribution in [0.3, 0.4) is 0 Å². The molecule has 1 unspecified atom stereocenters. The number of rotatable bonds is 12. The number of aldehydes is 2. The molecular weight excluding hydrogens is 412 g/mol. The summed E-state index contributed by atoms with van der Waals surface area (Å²) in [5.74, 6) is 0.528. The van der Waals surface area contributed by atoms with Gasteiger partial charge in [0.1, 0.15) is 12.6 Å². The average Bonchev–Trinajstić information content (AvgIpc) is 2.85. The van der Waals surface area contributed by atoms with E-state index < -0.39 is 6.04 Å². The third-order valence-corrected chi connectivity index (χ3v) is 6.70. The lowest BCUT2D eigenvalue weighted by atomic mass is 9.88. The third-order valence-electron chi connectivity index (χ3n) is 6.70. The SMILES string of the molecule is C=CCCC(C=O)N(C=O)Cc1cc(N2CCC(c3ccc(CC=O)cc3)CC2)ccc1C. The second-order valence-corrected chi connectivity index (χ2v) is 8.83. The predicted octanol–water partition coefficient (Wildman–Crippen LogP) is 4.61. The van der Waals surface area contributed by atoms with Gasteiger partial charge in [-0.15, -0.1) is 6.58 Å². The summed E-state index contributed by atoms with van der Waals surface area (Å²) in [5.41, 5.74) is 5.75. The first kappa shape index (κ1) is 24.4. The smallest absolute Gasteiger partial charge is 0.210 e. The zero-order chi connectivity index (χ0) is 23.6. The molecule has 2 aromatic carbocycles. The van der Waals surface area contributed by atoms with Crippen LogP contribution in [0.25, 0.3) is 0 Å². The summed E-state index contributed by atoms with van der Waals surface area (Å²) in [5, 5.41) is 0. The number of benzene rings is 2. The molecule has 5 nitrogen and oxygen atoms in total. The molecule has 5 heteroatoms. The lowest BCUT2D eigenvalue weighted by molar-refractivity contribution is -0.126. The van der Waals surface area contributed by atoms with Crippen LogP contribution in [-0.4, -0.2) is 43.0 Å². The molecule has 0 bridgehead atoms. The van der Waals surface area contributed by atoms with Crippen molar-refractivity contribution in [2.45, 2.75) is 57.5 Å². The standard InChI is InChI=1S/C28H34N2O3/c1-3-4-5-28(20-32)30(21-33)19-26-18-27(11-6-22(26)2)29-15-12-25(13-16-29)24-9-7-23(8-10-24)14-17-31/h3,6-11,17-18,20-21,25,28H,1,4-5,12-16,19H2,2H3. The highest BCUT2D eigenvalue weighted by atomic mass is 16.1. The number of hydrogen-bond donors (Lipinski definition) is 0. The van der Waals surface area contributed by atoms with Gasteiger partial charge >= 0.3 is 0 Å². The van der Waals surface area contributed by atoms with Crippen molar-refractivity contribution in [3.63, 3.8) is 0 Å². The van der Waals surface area contributed by atoms with Gasteiger partial charge in [-0.05, 0) is 72.9 Å². The van der Waals surface area contributed by atoms with Gasteiger partial charge in [0.2, 0.25) is 6.41 Å². The molecule has 3 rings (SSSR count). The Morgan fingerprint density at radius 2 is 1.82 bits per heavy atom. The van der Waals surface area contributed by atoms with Crippen LogP contribution in [0.4, 0.5) is 5.69 Å². The second kappa shape index (κ2) is 12.1. The summed E-state index contributed by atoms with van der Waals surface area (Å²) in [6, 6.07) is 14.4. The molecule has 1 aliphatic rings. The summed E-state index contributed by atoms with van der Waals surface area (Å²) in [4.78, 5) is 37.9. The van der Waals surface area contributed by atoms with Crippen molar-refractivity contribution < 1.29 is 14.4 Å². The van der Waals surface area contributed by atoms with Gasteiger partial charge in [-0.2, -0.15) is 0 Å². The molecule has 2 aromatic rings. The number of carbonyl (C=O) groups is 3. The molecule has 0 radical (unpaired) electrons. The van der Waals surface area contributed by atoms with Crippen LogP contribution in [-0.2, 0) is 27.3 Å². The maximum atomic E-state index is 11.7. The number of piperidine rings is 1. The number of allylic oxidation sites excluding steroid dienone is 1. The van der Waals surface area contributed by atoms with Gasteiger partial charge in [0.25, 0.3) is 0 Å². The van der Waals surface area contributed by atoms with E-state index >= 15 is 0 Å². The average molecular weight is 447 g/mol. The molecule has 0 spiro atoms. The molecular formula is C28H34N2O3. The maximum absolute atomic E-state index is 11.7. The van der Waals surface area contributed by atoms with E-state index in [2.05, 4.69) is 53.9 Å². The van der Waals surface area contributed by atoms with Crippen molar-refractivity contribution in [1.29, 1.82) is 0 Å². The van der Waals surface area contributed by atoms with E-state index in [1.807, 2.05) is 6.92 Å². The van der Waals surface area contributed by atoms with Crippen LogP contribution < -0.4 is 4.90 Å². The number of aryl methyl sites for hydroxylation is 1. The van der Waals surface area contributed by atoms with Gasteiger partial charge in [-0.3, -0.25) is 4.79 Å². The lowest BCUT2D eigenvalue weighted by Gasteiger charge is -2.34. The minimum atomic E-state index is -0.433. The summed E-state index contributed by atoms with van der Waals surface area (Å²) < 4.78 is 0. The largest absolute Gasteiger partial charge is 0.371 e. The zero-order valence-corrected chi connectivity index (χ0v) is 19.5. The maximum Gasteiger partial charge on any atom is 0.210 e. The van der Waals surface area contributed by atoms with Crippen LogP contribution in [0, 0.1) is 6.92 Å². The number of nitrogens with zero attached hydrogens (tertiary/aromatic N) is 2. The number of anilines is 1. The Morgan fingerprint density at radius 1 is 1.09 bits per heavy atom. The quantitative estimate of drug-likeness (QED) is 0.353. The van der Waals surface area contributed by atoms with Gasteiger partial charge in [0.05, 0.1) is 6.04 Å². The minimum absolute atomic E-state index is 0.424. The molecule has 1 amide bonds. The third kappa shape index (κ3) is 6.41. The minimum Gasteiger partial charge on any atom is -0.371 e. The number of amides is 1. The summed E-state index contributed by atoms with van der Waals surface area (Å²) >= 11 is 0. The molecule has 1 atom stereocenters. The van der Waals surface area contributed by atoms with E-state index in [4.69, 9.17) is 0 Å². The van der Waals surface area contributed by atoms with Crippen LogP contribution in [0.2, 0.25) is 0 Å². The fourth-order valence-electron chi connectivity index (χ4n) is 4.55. The zero-order valence-electron chi connectivity index (χ0n) is 19.5. The van der Waals surface area contributed by atoms with Gasteiger partial charge in [-0.1, -0.05) is 36.4 Å². The molecule has 0 saturated carbocycles. The predicted molar refractivity (Wildman–Crippen MR) is 132 cm³/mol. The van der Waals surface area contributed by atoms with E-state index in [1.54, 1.807) is 11.0 Å². The Labute approximate surface area is 197 Å². The van der Waals surface area contributed by atoms with Gasteiger partial charge in [-0.25, -0.2) is 0 Å². The molecule has 0 aliphatic carbocycles. The molecule has 1 aliphatic heterocycles. The van der Waals surface area contributed by atoms with E-state index in [9.17, 15) is 14.4 Å². The highest BCUT2D eigenvalue weighted by molar-refractivity contribution is 5.64. The van der Waals surface area contributed by atoms with Crippen LogP contribution in [0.1, 0.15) is 53.9 Å². The highest BCUT2D eigenvalue weighted by Crippen LogP contribution is 2.31. The number of hydrogen-bond acceptors (Lipinski definition) is 4. The number of carbonyl (C=O) groups excluding carboxylic acids is 3. The summed E-state index contributed by atoms with van der Waals surface area (Å²) in [6.07, 6.45) is 8.25. The van der Waals surface area contributed by atoms with Gasteiger partial charge in [0, 0.05) is 31.7 Å². The molecule has 0 aromatic heterocycles. The van der Waals surface area contributed by atoms with Crippen molar-refractivity contribution in [3.8, 4) is 0 Å². The first-order chi connectivity index (χ1) is 16.1. The highest BCUT2D eigenvalue weighted by Gasteiger charge is 2.22. The normalized spacial score (nSPS) is 15.0. The van der Waals surface area contributed by atoms with Crippen molar-refractivity contribution in [3.05, 3.63) is 77.4 Å². The van der Waals surface area contributed by atoms with Gasteiger partial charge < -0.3 is 19.4 Å².